The van der Waals surface area contributed by atoms with Crippen molar-refractivity contribution in [3.8, 4) is 0 Å². The molecule has 4 N–H and O–H groups in total. The molecule has 0 aliphatic carbocycles. The molecule has 0 radical (unpaired) electrons. The van der Waals surface area contributed by atoms with E-state index in [1.54, 1.807) is 12.1 Å². The topological polar surface area (TPSA) is 84.2 Å². The second kappa shape index (κ2) is 7.38. The van der Waals surface area contributed by atoms with Crippen molar-refractivity contribution in [2.75, 3.05) is 17.2 Å². The van der Waals surface area contributed by atoms with E-state index in [2.05, 4.69) is 10.6 Å². The van der Waals surface area contributed by atoms with Gasteiger partial charge in [0.15, 0.2) is 0 Å². The van der Waals surface area contributed by atoms with Crippen LogP contribution in [0.5, 0.6) is 0 Å². The molecule has 5 nitrogen and oxygen atoms in total. The number of hydrogen-bond acceptors (Lipinski definition) is 3. The molecule has 2 amide bonds. The van der Waals surface area contributed by atoms with Gasteiger partial charge in [-0.3, -0.25) is 9.59 Å². The number of benzene rings is 2. The third-order valence-corrected chi connectivity index (χ3v) is 3.12. The molecule has 2 aromatic rings. The molecule has 0 saturated heterocycles. The first kappa shape index (κ1) is 15.7. The summed E-state index contributed by atoms with van der Waals surface area (Å²) in [5, 5.41) is 5.51. The summed E-state index contributed by atoms with van der Waals surface area (Å²) in [5.41, 5.74) is 8.34. The van der Waals surface area contributed by atoms with Gasteiger partial charge in [0, 0.05) is 0 Å². The Morgan fingerprint density at radius 1 is 0.955 bits per heavy atom. The zero-order chi connectivity index (χ0) is 15.9. The Labute approximate surface area is 129 Å². The summed E-state index contributed by atoms with van der Waals surface area (Å²) in [6.45, 7) is 1.80. The lowest BCUT2D eigenvalue weighted by molar-refractivity contribution is -0.116. The minimum Gasteiger partial charge on any atom is -0.324 e. The maximum absolute atomic E-state index is 12.1. The van der Waals surface area contributed by atoms with Crippen molar-refractivity contribution in [3.05, 3.63) is 59.7 Å². The second-order valence-corrected chi connectivity index (χ2v) is 5.01. The molecule has 2 rings (SSSR count). The lowest BCUT2D eigenvalue weighted by Crippen LogP contribution is -2.23. The van der Waals surface area contributed by atoms with E-state index in [0.29, 0.717) is 11.4 Å². The van der Waals surface area contributed by atoms with Crippen LogP contribution in [0.3, 0.4) is 0 Å². The molecule has 2 aromatic carbocycles. The third kappa shape index (κ3) is 4.43. The number of anilines is 2. The van der Waals surface area contributed by atoms with Crippen molar-refractivity contribution < 1.29 is 9.59 Å². The quantitative estimate of drug-likeness (QED) is 0.790. The monoisotopic (exact) mass is 297 g/mol. The molecule has 114 valence electrons. The smallest absolute Gasteiger partial charge is 0.238 e. The first-order valence-corrected chi connectivity index (χ1v) is 7.03. The zero-order valence-electron chi connectivity index (χ0n) is 12.4. The first-order valence-electron chi connectivity index (χ1n) is 7.03. The van der Waals surface area contributed by atoms with Crippen molar-refractivity contribution >= 4 is 23.2 Å². The fourth-order valence-electron chi connectivity index (χ4n) is 2.05. The van der Waals surface area contributed by atoms with Gasteiger partial charge in [0.1, 0.15) is 0 Å². The van der Waals surface area contributed by atoms with Gasteiger partial charge in [0.05, 0.1) is 24.3 Å². The van der Waals surface area contributed by atoms with Crippen LogP contribution in [0.25, 0.3) is 0 Å². The Kier molecular flexibility index (Phi) is 5.27. The van der Waals surface area contributed by atoms with Crippen LogP contribution in [0.15, 0.2) is 48.5 Å². The van der Waals surface area contributed by atoms with Crippen LogP contribution in [0.1, 0.15) is 11.1 Å². The fraction of sp³-hybridized carbons (Fsp3) is 0.176. The van der Waals surface area contributed by atoms with Gasteiger partial charge in [-0.25, -0.2) is 0 Å². The van der Waals surface area contributed by atoms with E-state index in [1.807, 2.05) is 43.3 Å². The van der Waals surface area contributed by atoms with Crippen LogP contribution in [0.2, 0.25) is 0 Å². The van der Waals surface area contributed by atoms with Gasteiger partial charge in [-0.2, -0.15) is 0 Å². The fourth-order valence-corrected chi connectivity index (χ4v) is 2.05. The van der Waals surface area contributed by atoms with Gasteiger partial charge in [-0.1, -0.05) is 36.4 Å². The largest absolute Gasteiger partial charge is 0.324 e. The Bertz CT molecular complexity index is 669. The molecule has 22 heavy (non-hydrogen) atoms. The third-order valence-electron chi connectivity index (χ3n) is 3.12. The minimum atomic E-state index is -0.302. The molecular formula is C17H19N3O2. The van der Waals surface area contributed by atoms with Gasteiger partial charge in [-0.05, 0) is 30.2 Å². The summed E-state index contributed by atoms with van der Waals surface area (Å²) in [6.07, 6.45) is 0.277. The maximum atomic E-state index is 12.1. The summed E-state index contributed by atoms with van der Waals surface area (Å²) in [4.78, 5) is 23.6. The van der Waals surface area contributed by atoms with E-state index in [9.17, 15) is 9.59 Å². The van der Waals surface area contributed by atoms with Crippen LogP contribution < -0.4 is 16.4 Å². The highest BCUT2D eigenvalue weighted by Gasteiger charge is 2.10. The Balaban J connectivity index is 2.11. The molecule has 0 fully saturated rings. The summed E-state index contributed by atoms with van der Waals surface area (Å²) >= 11 is 0. The summed E-state index contributed by atoms with van der Waals surface area (Å²) in [7, 11) is 0. The number of amides is 2. The summed E-state index contributed by atoms with van der Waals surface area (Å²) in [5.74, 6) is -0.442. The van der Waals surface area contributed by atoms with Crippen LogP contribution in [0, 0.1) is 6.92 Å². The van der Waals surface area contributed by atoms with Crippen LogP contribution in [-0.4, -0.2) is 18.4 Å². The lowest BCUT2D eigenvalue weighted by atomic mass is 10.1. The number of hydrogen-bond donors (Lipinski definition) is 3. The highest BCUT2D eigenvalue weighted by molar-refractivity contribution is 6.00. The van der Waals surface area contributed by atoms with E-state index >= 15 is 0 Å². The molecule has 0 heterocycles. The predicted molar refractivity (Wildman–Crippen MR) is 87.6 cm³/mol. The zero-order valence-corrected chi connectivity index (χ0v) is 12.4. The Morgan fingerprint density at radius 3 is 2.32 bits per heavy atom. The molecule has 0 atom stereocenters. The van der Waals surface area contributed by atoms with E-state index in [0.717, 1.165) is 11.1 Å². The number of carbonyl (C=O) groups is 2. The lowest BCUT2D eigenvalue weighted by Gasteiger charge is -2.13. The average Bonchev–Trinajstić information content (AvgIpc) is 2.51. The summed E-state index contributed by atoms with van der Waals surface area (Å²) in [6, 6.07) is 14.9. The SMILES string of the molecule is Cc1ccc(NC(=O)Cc2ccccc2)c(NC(=O)CN)c1. The molecule has 0 bridgehead atoms. The van der Waals surface area contributed by atoms with E-state index in [-0.39, 0.29) is 24.8 Å². The number of carbonyl (C=O) groups excluding carboxylic acids is 2. The van der Waals surface area contributed by atoms with Crippen LogP contribution in [0.4, 0.5) is 11.4 Å². The Hall–Kier alpha value is -2.66. The number of nitrogens with one attached hydrogen (secondary N) is 2. The van der Waals surface area contributed by atoms with Gasteiger partial charge < -0.3 is 16.4 Å². The van der Waals surface area contributed by atoms with Gasteiger partial charge in [-0.15, -0.1) is 0 Å². The highest BCUT2D eigenvalue weighted by atomic mass is 16.2. The van der Waals surface area contributed by atoms with Gasteiger partial charge >= 0.3 is 0 Å². The molecule has 5 heteroatoms. The maximum Gasteiger partial charge on any atom is 0.238 e. The normalized spacial score (nSPS) is 10.1. The van der Waals surface area contributed by atoms with Crippen molar-refractivity contribution in [1.82, 2.24) is 0 Å². The standard InChI is InChI=1S/C17H19N3O2/c1-12-7-8-14(15(9-12)20-17(22)11-18)19-16(21)10-13-5-3-2-4-6-13/h2-9H,10-11,18H2,1H3,(H,19,21)(H,20,22). The number of aryl methyl sites for hydroxylation is 1. The van der Waals surface area contributed by atoms with Crippen molar-refractivity contribution in [3.63, 3.8) is 0 Å². The highest BCUT2D eigenvalue weighted by Crippen LogP contribution is 2.23. The Morgan fingerprint density at radius 2 is 1.64 bits per heavy atom. The average molecular weight is 297 g/mol. The van der Waals surface area contributed by atoms with E-state index in [4.69, 9.17) is 5.73 Å². The minimum absolute atomic E-state index is 0.106. The molecular weight excluding hydrogens is 278 g/mol. The molecule has 0 saturated carbocycles. The second-order valence-electron chi connectivity index (χ2n) is 5.01. The number of nitrogens with two attached hydrogens (primary N) is 1. The molecule has 0 spiro atoms. The van der Waals surface area contributed by atoms with Crippen molar-refractivity contribution in [2.24, 2.45) is 5.73 Å². The van der Waals surface area contributed by atoms with Crippen LogP contribution >= 0.6 is 0 Å². The first-order chi connectivity index (χ1) is 10.6. The molecule has 0 aliphatic heterocycles. The summed E-state index contributed by atoms with van der Waals surface area (Å²) < 4.78 is 0. The van der Waals surface area contributed by atoms with Crippen molar-refractivity contribution in [1.29, 1.82) is 0 Å². The van der Waals surface area contributed by atoms with E-state index in [1.165, 1.54) is 0 Å². The van der Waals surface area contributed by atoms with Gasteiger partial charge in [0.2, 0.25) is 11.8 Å². The number of rotatable bonds is 5. The van der Waals surface area contributed by atoms with Crippen LogP contribution in [-0.2, 0) is 16.0 Å². The van der Waals surface area contributed by atoms with Crippen molar-refractivity contribution in [2.45, 2.75) is 13.3 Å². The van der Waals surface area contributed by atoms with E-state index < -0.39 is 0 Å². The molecule has 0 aromatic heterocycles. The molecule has 0 unspecified atom stereocenters. The predicted octanol–water partition coefficient (Wildman–Crippen LogP) is 2.07. The van der Waals surface area contributed by atoms with Gasteiger partial charge in [0.25, 0.3) is 0 Å². The molecule has 0 aliphatic rings.